The third kappa shape index (κ3) is 5.83. The van der Waals surface area contributed by atoms with Gasteiger partial charge in [0.25, 0.3) is 0 Å². The van der Waals surface area contributed by atoms with E-state index in [1.807, 2.05) is 30.8 Å². The first-order valence-corrected chi connectivity index (χ1v) is 6.74. The van der Waals surface area contributed by atoms with Crippen LogP contribution in [0.15, 0.2) is 18.5 Å². The molecule has 7 nitrogen and oxygen atoms in total. The van der Waals surface area contributed by atoms with Gasteiger partial charge in [-0.05, 0) is 19.9 Å². The lowest BCUT2D eigenvalue weighted by molar-refractivity contribution is -0.121. The van der Waals surface area contributed by atoms with E-state index in [2.05, 4.69) is 21.0 Å². The molecule has 7 heteroatoms. The molecule has 0 fully saturated rings. The van der Waals surface area contributed by atoms with Crippen molar-refractivity contribution in [2.45, 2.75) is 32.9 Å². The molecule has 0 spiro atoms. The molecule has 112 valence electrons. The van der Waals surface area contributed by atoms with Crippen molar-refractivity contribution in [3.8, 4) is 0 Å². The Balaban J connectivity index is 2.18. The van der Waals surface area contributed by atoms with Gasteiger partial charge in [-0.1, -0.05) is 0 Å². The van der Waals surface area contributed by atoms with Crippen LogP contribution in [0, 0.1) is 0 Å². The van der Waals surface area contributed by atoms with E-state index in [0.717, 1.165) is 0 Å². The highest BCUT2D eigenvalue weighted by Crippen LogP contribution is 2.08. The van der Waals surface area contributed by atoms with Gasteiger partial charge in [0.2, 0.25) is 11.8 Å². The average molecular weight is 281 g/mol. The van der Waals surface area contributed by atoms with Crippen LogP contribution in [0.25, 0.3) is 0 Å². The number of nitrogens with one attached hydrogen (secondary N) is 3. The minimum atomic E-state index is -0.0981. The molecule has 0 aromatic carbocycles. The normalized spacial score (nSPS) is 13.6. The van der Waals surface area contributed by atoms with E-state index in [1.54, 1.807) is 6.20 Å². The average Bonchev–Trinajstić information content (AvgIpc) is 2.93. The monoisotopic (exact) mass is 281 g/mol. The van der Waals surface area contributed by atoms with E-state index in [9.17, 15) is 9.59 Å². The molecule has 0 aliphatic rings. The van der Waals surface area contributed by atoms with E-state index < -0.39 is 0 Å². The lowest BCUT2D eigenvalue weighted by atomic mass is 10.2. The van der Waals surface area contributed by atoms with Crippen LogP contribution in [-0.2, 0) is 9.59 Å². The molecular weight excluding hydrogens is 258 g/mol. The van der Waals surface area contributed by atoms with Gasteiger partial charge in [0.1, 0.15) is 0 Å². The molecule has 0 saturated heterocycles. The molecule has 1 aromatic heterocycles. The largest absolute Gasteiger partial charge is 0.355 e. The molecule has 1 rings (SSSR count). The molecule has 0 radical (unpaired) electrons. The maximum absolute atomic E-state index is 11.6. The van der Waals surface area contributed by atoms with Crippen molar-refractivity contribution in [1.29, 1.82) is 0 Å². The van der Waals surface area contributed by atoms with Crippen molar-refractivity contribution in [2.24, 2.45) is 0 Å². The van der Waals surface area contributed by atoms with E-state index in [-0.39, 0.29) is 30.4 Å². The summed E-state index contributed by atoms with van der Waals surface area (Å²) in [6.07, 6.45) is 3.63. The lowest BCUT2D eigenvalue weighted by Crippen LogP contribution is -2.43. The molecule has 1 heterocycles. The van der Waals surface area contributed by atoms with Gasteiger partial charge in [-0.25, -0.2) is 0 Å². The van der Waals surface area contributed by atoms with Gasteiger partial charge in [-0.3, -0.25) is 14.3 Å². The summed E-state index contributed by atoms with van der Waals surface area (Å²) in [6.45, 7) is 6.62. The summed E-state index contributed by atoms with van der Waals surface area (Å²) in [5.41, 5.74) is 0. The van der Waals surface area contributed by atoms with Crippen molar-refractivity contribution in [2.75, 3.05) is 19.6 Å². The SMILES string of the molecule is CC(=O)NCCNC(=O)CN[C@@H](C)[C@H](C)n1cccn1. The number of hydrogen-bond acceptors (Lipinski definition) is 4. The van der Waals surface area contributed by atoms with Gasteiger partial charge < -0.3 is 16.0 Å². The van der Waals surface area contributed by atoms with Crippen molar-refractivity contribution in [3.05, 3.63) is 18.5 Å². The molecular formula is C13H23N5O2. The first kappa shape index (κ1) is 16.2. The lowest BCUT2D eigenvalue weighted by Gasteiger charge is -2.21. The second-order valence-electron chi connectivity index (χ2n) is 4.73. The third-order valence-electron chi connectivity index (χ3n) is 3.07. The summed E-state index contributed by atoms with van der Waals surface area (Å²) in [5.74, 6) is -0.186. The molecule has 0 saturated carbocycles. The number of nitrogens with zero attached hydrogens (tertiary/aromatic N) is 2. The number of hydrogen-bond donors (Lipinski definition) is 3. The molecule has 0 unspecified atom stereocenters. The standard InChI is InChI=1S/C13H23N5O2/c1-10(11(2)18-8-4-5-17-18)16-9-13(20)15-7-6-14-12(3)19/h4-5,8,10-11,16H,6-7,9H2,1-3H3,(H,14,19)(H,15,20)/t10-,11-/m0/s1. The molecule has 0 bridgehead atoms. The van der Waals surface area contributed by atoms with Crippen LogP contribution in [-0.4, -0.2) is 47.3 Å². The highest BCUT2D eigenvalue weighted by molar-refractivity contribution is 5.78. The van der Waals surface area contributed by atoms with Crippen LogP contribution in [0.3, 0.4) is 0 Å². The fourth-order valence-corrected chi connectivity index (χ4v) is 1.68. The van der Waals surface area contributed by atoms with Crippen molar-refractivity contribution in [1.82, 2.24) is 25.7 Å². The summed E-state index contributed by atoms with van der Waals surface area (Å²) < 4.78 is 1.85. The summed E-state index contributed by atoms with van der Waals surface area (Å²) in [5, 5.41) is 12.7. The minimum absolute atomic E-state index is 0.0881. The van der Waals surface area contributed by atoms with Crippen molar-refractivity contribution in [3.63, 3.8) is 0 Å². The molecule has 0 aliphatic carbocycles. The van der Waals surface area contributed by atoms with Gasteiger partial charge in [-0.2, -0.15) is 5.10 Å². The Bertz CT molecular complexity index is 418. The molecule has 2 amide bonds. The maximum Gasteiger partial charge on any atom is 0.234 e. The quantitative estimate of drug-likeness (QED) is 0.570. The Hall–Kier alpha value is -1.89. The fourth-order valence-electron chi connectivity index (χ4n) is 1.68. The molecule has 0 aliphatic heterocycles. The van der Waals surface area contributed by atoms with Crippen LogP contribution in [0.1, 0.15) is 26.8 Å². The Kier molecular flexibility index (Phi) is 6.72. The van der Waals surface area contributed by atoms with Crippen LogP contribution in [0.5, 0.6) is 0 Å². The minimum Gasteiger partial charge on any atom is -0.355 e. The van der Waals surface area contributed by atoms with Gasteiger partial charge >= 0.3 is 0 Å². The Morgan fingerprint density at radius 3 is 2.55 bits per heavy atom. The topological polar surface area (TPSA) is 88.0 Å². The highest BCUT2D eigenvalue weighted by atomic mass is 16.2. The van der Waals surface area contributed by atoms with Crippen LogP contribution in [0.4, 0.5) is 0 Å². The van der Waals surface area contributed by atoms with Gasteiger partial charge in [0, 0.05) is 38.4 Å². The zero-order chi connectivity index (χ0) is 15.0. The van der Waals surface area contributed by atoms with Gasteiger partial charge in [0.15, 0.2) is 0 Å². The van der Waals surface area contributed by atoms with Crippen molar-refractivity contribution >= 4 is 11.8 Å². The van der Waals surface area contributed by atoms with Gasteiger partial charge in [0.05, 0.1) is 12.6 Å². The van der Waals surface area contributed by atoms with E-state index in [4.69, 9.17) is 0 Å². The summed E-state index contributed by atoms with van der Waals surface area (Å²) in [4.78, 5) is 22.2. The zero-order valence-corrected chi connectivity index (χ0v) is 12.2. The number of amides is 2. The fraction of sp³-hybridized carbons (Fsp3) is 0.615. The zero-order valence-electron chi connectivity index (χ0n) is 12.2. The Morgan fingerprint density at radius 1 is 1.25 bits per heavy atom. The number of carbonyl (C=O) groups excluding carboxylic acids is 2. The first-order chi connectivity index (χ1) is 9.50. The second kappa shape index (κ2) is 8.31. The molecule has 3 N–H and O–H groups in total. The van der Waals surface area contributed by atoms with Gasteiger partial charge in [-0.15, -0.1) is 0 Å². The molecule has 20 heavy (non-hydrogen) atoms. The number of carbonyl (C=O) groups is 2. The summed E-state index contributed by atoms with van der Waals surface area (Å²) in [6, 6.07) is 2.16. The van der Waals surface area contributed by atoms with Crippen LogP contribution in [0.2, 0.25) is 0 Å². The smallest absolute Gasteiger partial charge is 0.234 e. The highest BCUT2D eigenvalue weighted by Gasteiger charge is 2.14. The molecule has 2 atom stereocenters. The van der Waals surface area contributed by atoms with E-state index in [1.165, 1.54) is 6.92 Å². The molecule has 1 aromatic rings. The summed E-state index contributed by atoms with van der Waals surface area (Å²) >= 11 is 0. The number of rotatable bonds is 8. The second-order valence-corrected chi connectivity index (χ2v) is 4.73. The Labute approximate surface area is 119 Å². The van der Waals surface area contributed by atoms with E-state index >= 15 is 0 Å². The number of aromatic nitrogens is 2. The van der Waals surface area contributed by atoms with Crippen molar-refractivity contribution < 1.29 is 9.59 Å². The third-order valence-corrected chi connectivity index (χ3v) is 3.07. The maximum atomic E-state index is 11.6. The Morgan fingerprint density at radius 2 is 1.95 bits per heavy atom. The predicted octanol–water partition coefficient (Wildman–Crippen LogP) is -0.325. The van der Waals surface area contributed by atoms with E-state index in [0.29, 0.717) is 13.1 Å². The van der Waals surface area contributed by atoms with Crippen LogP contribution < -0.4 is 16.0 Å². The predicted molar refractivity (Wildman–Crippen MR) is 76.1 cm³/mol. The first-order valence-electron chi connectivity index (χ1n) is 6.74. The van der Waals surface area contributed by atoms with Crippen LogP contribution >= 0.6 is 0 Å². The summed E-state index contributed by atoms with van der Waals surface area (Å²) in [7, 11) is 0.